The average Bonchev–Trinajstić information content (AvgIpc) is 2.95. The van der Waals surface area contributed by atoms with Crippen LogP contribution in [-0.2, 0) is 0 Å². The molecule has 1 aliphatic carbocycles. The van der Waals surface area contributed by atoms with Gasteiger partial charge in [-0.15, -0.1) is 11.3 Å². The molecule has 1 aromatic carbocycles. The molecule has 3 heteroatoms. The molecule has 82 valence electrons. The van der Waals surface area contributed by atoms with Gasteiger partial charge >= 0.3 is 0 Å². The Morgan fingerprint density at radius 3 is 2.81 bits per heavy atom. The van der Waals surface area contributed by atoms with Gasteiger partial charge in [0.2, 0.25) is 0 Å². The van der Waals surface area contributed by atoms with Crippen LogP contribution < -0.4 is 5.73 Å². The quantitative estimate of drug-likeness (QED) is 0.880. The van der Waals surface area contributed by atoms with Crippen LogP contribution in [0.1, 0.15) is 29.6 Å². The van der Waals surface area contributed by atoms with Gasteiger partial charge in [-0.1, -0.05) is 30.3 Å². The second-order valence-corrected chi connectivity index (χ2v) is 5.07. The molecule has 1 aromatic heterocycles. The number of rotatable bonds is 3. The minimum absolute atomic E-state index is 0.108. The third-order valence-electron chi connectivity index (χ3n) is 3.32. The molecule has 0 spiro atoms. The van der Waals surface area contributed by atoms with Crippen LogP contribution in [0, 0.1) is 5.92 Å². The van der Waals surface area contributed by atoms with Crippen molar-refractivity contribution in [1.29, 1.82) is 0 Å². The summed E-state index contributed by atoms with van der Waals surface area (Å²) in [7, 11) is 0. The molecule has 0 amide bonds. The van der Waals surface area contributed by atoms with Gasteiger partial charge in [-0.05, 0) is 23.8 Å². The molecule has 0 aliphatic heterocycles. The highest BCUT2D eigenvalue weighted by atomic mass is 32.1. The molecule has 3 atom stereocenters. The zero-order valence-electron chi connectivity index (χ0n) is 8.91. The monoisotopic (exact) mass is 230 g/mol. The molecule has 16 heavy (non-hydrogen) atoms. The third-order valence-corrected chi connectivity index (χ3v) is 3.93. The number of nitrogens with zero attached hydrogens (tertiary/aromatic N) is 1. The highest BCUT2D eigenvalue weighted by Crippen LogP contribution is 2.52. The van der Waals surface area contributed by atoms with Crippen molar-refractivity contribution in [2.24, 2.45) is 11.7 Å². The normalized spacial score (nSPS) is 25.3. The van der Waals surface area contributed by atoms with E-state index >= 15 is 0 Å². The lowest BCUT2D eigenvalue weighted by molar-refractivity contribution is 0.602. The van der Waals surface area contributed by atoms with E-state index < -0.39 is 0 Å². The van der Waals surface area contributed by atoms with Gasteiger partial charge in [0.15, 0.2) is 0 Å². The maximum absolute atomic E-state index is 6.22. The van der Waals surface area contributed by atoms with E-state index in [0.717, 1.165) is 5.69 Å². The fourth-order valence-corrected chi connectivity index (χ4v) is 2.90. The van der Waals surface area contributed by atoms with Crippen LogP contribution in [0.3, 0.4) is 0 Å². The minimum Gasteiger partial charge on any atom is -0.322 e. The number of benzene rings is 1. The first kappa shape index (κ1) is 10.00. The zero-order valence-corrected chi connectivity index (χ0v) is 9.73. The van der Waals surface area contributed by atoms with Crippen molar-refractivity contribution in [2.75, 3.05) is 0 Å². The highest BCUT2D eigenvalue weighted by Gasteiger charge is 2.43. The Morgan fingerprint density at radius 2 is 2.12 bits per heavy atom. The van der Waals surface area contributed by atoms with Crippen molar-refractivity contribution < 1.29 is 0 Å². The van der Waals surface area contributed by atoms with E-state index in [1.54, 1.807) is 11.3 Å². The van der Waals surface area contributed by atoms with Crippen LogP contribution in [0.5, 0.6) is 0 Å². The summed E-state index contributed by atoms with van der Waals surface area (Å²) in [5.41, 5.74) is 10.5. The van der Waals surface area contributed by atoms with E-state index in [1.807, 2.05) is 5.51 Å². The Labute approximate surface area is 99.1 Å². The van der Waals surface area contributed by atoms with Gasteiger partial charge in [-0.25, -0.2) is 4.98 Å². The molecule has 3 rings (SSSR count). The Balaban J connectivity index is 1.73. The van der Waals surface area contributed by atoms with Gasteiger partial charge in [0.1, 0.15) is 0 Å². The van der Waals surface area contributed by atoms with Crippen molar-refractivity contribution >= 4 is 11.3 Å². The maximum atomic E-state index is 6.22. The lowest BCUT2D eigenvalue weighted by Gasteiger charge is -2.08. The third kappa shape index (κ3) is 1.77. The van der Waals surface area contributed by atoms with Crippen LogP contribution in [0.4, 0.5) is 0 Å². The number of thiazole rings is 1. The Bertz CT molecular complexity index is 452. The topological polar surface area (TPSA) is 38.9 Å². The molecular formula is C13H14N2S. The molecule has 0 radical (unpaired) electrons. The van der Waals surface area contributed by atoms with E-state index in [-0.39, 0.29) is 6.04 Å². The predicted octanol–water partition coefficient (Wildman–Crippen LogP) is 2.95. The summed E-state index contributed by atoms with van der Waals surface area (Å²) in [4.78, 5) is 4.30. The van der Waals surface area contributed by atoms with E-state index in [1.165, 1.54) is 12.0 Å². The molecule has 1 saturated carbocycles. The van der Waals surface area contributed by atoms with Crippen LogP contribution in [0.15, 0.2) is 41.2 Å². The van der Waals surface area contributed by atoms with Crippen molar-refractivity contribution in [2.45, 2.75) is 18.4 Å². The second-order valence-electron chi connectivity index (χ2n) is 4.36. The number of hydrogen-bond donors (Lipinski definition) is 1. The van der Waals surface area contributed by atoms with E-state index in [4.69, 9.17) is 5.73 Å². The SMILES string of the molecule is NC(c1cscn1)C1CC1c1ccccc1. The molecule has 1 heterocycles. The van der Waals surface area contributed by atoms with Crippen LogP contribution >= 0.6 is 11.3 Å². The number of nitrogens with two attached hydrogens (primary N) is 1. The van der Waals surface area contributed by atoms with Crippen LogP contribution in [-0.4, -0.2) is 4.98 Å². The molecule has 2 aromatic rings. The van der Waals surface area contributed by atoms with Crippen molar-refractivity contribution in [1.82, 2.24) is 4.98 Å². The molecule has 1 fully saturated rings. The Kier molecular flexibility index (Phi) is 2.50. The van der Waals surface area contributed by atoms with Crippen molar-refractivity contribution in [3.05, 3.63) is 52.5 Å². The first-order chi connectivity index (χ1) is 7.86. The Hall–Kier alpha value is -1.19. The van der Waals surface area contributed by atoms with Crippen LogP contribution in [0.2, 0.25) is 0 Å². The molecule has 2 nitrogen and oxygen atoms in total. The Morgan fingerprint density at radius 1 is 1.31 bits per heavy atom. The standard InChI is InChI=1S/C13H14N2S/c14-13(12-7-16-8-15-12)11-6-10(11)9-4-2-1-3-5-9/h1-5,7-8,10-11,13H,6,14H2. The predicted molar refractivity (Wildman–Crippen MR) is 66.3 cm³/mol. The molecule has 0 bridgehead atoms. The fourth-order valence-electron chi connectivity index (χ4n) is 2.30. The van der Waals surface area contributed by atoms with Gasteiger partial charge < -0.3 is 5.73 Å². The van der Waals surface area contributed by atoms with Gasteiger partial charge in [0.25, 0.3) is 0 Å². The smallest absolute Gasteiger partial charge is 0.0795 e. The van der Waals surface area contributed by atoms with Gasteiger partial charge in [0.05, 0.1) is 17.2 Å². The van der Waals surface area contributed by atoms with Gasteiger partial charge in [0, 0.05) is 5.38 Å². The van der Waals surface area contributed by atoms with Gasteiger partial charge in [-0.2, -0.15) is 0 Å². The van der Waals surface area contributed by atoms with Crippen LogP contribution in [0.25, 0.3) is 0 Å². The summed E-state index contributed by atoms with van der Waals surface area (Å²) >= 11 is 1.62. The summed E-state index contributed by atoms with van der Waals surface area (Å²) in [5.74, 6) is 1.21. The average molecular weight is 230 g/mol. The first-order valence-corrected chi connectivity index (χ1v) is 6.49. The van der Waals surface area contributed by atoms with Crippen molar-refractivity contribution in [3.63, 3.8) is 0 Å². The molecule has 2 N–H and O–H groups in total. The first-order valence-electron chi connectivity index (χ1n) is 5.55. The fraction of sp³-hybridized carbons (Fsp3) is 0.308. The summed E-state index contributed by atoms with van der Waals surface area (Å²) < 4.78 is 0. The zero-order chi connectivity index (χ0) is 11.0. The lowest BCUT2D eigenvalue weighted by atomic mass is 10.0. The van der Waals surface area contributed by atoms with Gasteiger partial charge in [-0.3, -0.25) is 0 Å². The molecular weight excluding hydrogens is 216 g/mol. The summed E-state index contributed by atoms with van der Waals surface area (Å²) in [6.07, 6.45) is 1.20. The van der Waals surface area contributed by atoms with E-state index in [9.17, 15) is 0 Å². The summed E-state index contributed by atoms with van der Waals surface area (Å²) in [6.45, 7) is 0. The summed E-state index contributed by atoms with van der Waals surface area (Å²) in [6, 6.07) is 10.7. The maximum Gasteiger partial charge on any atom is 0.0795 e. The highest BCUT2D eigenvalue weighted by molar-refractivity contribution is 7.07. The van der Waals surface area contributed by atoms with E-state index in [2.05, 4.69) is 40.7 Å². The molecule has 3 unspecified atom stereocenters. The summed E-state index contributed by atoms with van der Waals surface area (Å²) in [5, 5.41) is 2.06. The number of hydrogen-bond acceptors (Lipinski definition) is 3. The number of aromatic nitrogens is 1. The minimum atomic E-state index is 0.108. The largest absolute Gasteiger partial charge is 0.322 e. The van der Waals surface area contributed by atoms with Crippen molar-refractivity contribution in [3.8, 4) is 0 Å². The van der Waals surface area contributed by atoms with E-state index in [0.29, 0.717) is 11.8 Å². The second kappa shape index (κ2) is 4.00. The lowest BCUT2D eigenvalue weighted by Crippen LogP contribution is -2.13. The molecule has 0 saturated heterocycles. The molecule has 1 aliphatic rings.